The number of hydrogen-bond acceptors (Lipinski definition) is 7. The highest BCUT2D eigenvalue weighted by Crippen LogP contribution is 2.27. The molecule has 0 bridgehead atoms. The zero-order valence-corrected chi connectivity index (χ0v) is 15.9. The van der Waals surface area contributed by atoms with Crippen molar-refractivity contribution in [1.82, 2.24) is 9.13 Å². The van der Waals surface area contributed by atoms with E-state index in [1.165, 1.54) is 0 Å². The van der Waals surface area contributed by atoms with Crippen molar-refractivity contribution >= 4 is 5.97 Å². The first-order valence-corrected chi connectivity index (χ1v) is 9.50. The molecule has 2 heterocycles. The number of aromatic nitrogens is 2. The molecule has 0 amide bonds. The number of unbranched alkanes of at least 4 members (excludes halogenated alkanes) is 4. The highest BCUT2D eigenvalue weighted by atomic mass is 19.1. The average Bonchev–Trinajstić information content (AvgIpc) is 3.05. The summed E-state index contributed by atoms with van der Waals surface area (Å²) in [4.78, 5) is 36.3. The topological polar surface area (TPSA) is 120 Å². The predicted molar refractivity (Wildman–Crippen MR) is 96.0 cm³/mol. The van der Waals surface area contributed by atoms with E-state index in [9.17, 15) is 23.9 Å². The van der Waals surface area contributed by atoms with Gasteiger partial charge in [-0.3, -0.25) is 14.2 Å². The van der Waals surface area contributed by atoms with Gasteiger partial charge in [0.1, 0.15) is 12.3 Å². The van der Waals surface area contributed by atoms with Gasteiger partial charge in [0, 0.05) is 12.8 Å². The van der Waals surface area contributed by atoms with Gasteiger partial charge >= 0.3 is 11.7 Å². The Labute approximate surface area is 161 Å². The summed E-state index contributed by atoms with van der Waals surface area (Å²) in [5.74, 6) is -1.80. The van der Waals surface area contributed by atoms with Crippen LogP contribution in [0.1, 0.15) is 58.1 Å². The number of aliphatic hydroxyl groups excluding tert-OH is 2. The Hall–Kier alpha value is -2.04. The summed E-state index contributed by atoms with van der Waals surface area (Å²) in [6.07, 6.45) is 2.49. The van der Waals surface area contributed by atoms with Crippen LogP contribution in [0.4, 0.5) is 4.39 Å². The van der Waals surface area contributed by atoms with Gasteiger partial charge in [-0.15, -0.1) is 0 Å². The Morgan fingerprint density at radius 1 is 1.32 bits per heavy atom. The third-order valence-corrected chi connectivity index (χ3v) is 4.69. The van der Waals surface area contributed by atoms with E-state index in [4.69, 9.17) is 14.6 Å². The molecule has 9 nitrogen and oxygen atoms in total. The first-order chi connectivity index (χ1) is 13.4. The molecular formula is C18H27FN2O7. The summed E-state index contributed by atoms with van der Waals surface area (Å²) in [5.41, 5.74) is -2.15. The minimum atomic E-state index is -1.22. The summed E-state index contributed by atoms with van der Waals surface area (Å²) in [6, 6.07) is 0. The predicted octanol–water partition coefficient (Wildman–Crippen LogP) is 0.651. The van der Waals surface area contributed by atoms with Gasteiger partial charge in [0.05, 0.1) is 18.9 Å². The van der Waals surface area contributed by atoms with E-state index in [-0.39, 0.29) is 12.8 Å². The normalized spacial score (nSPS) is 21.8. The number of halogens is 1. The summed E-state index contributed by atoms with van der Waals surface area (Å²) in [7, 11) is 0. The fourth-order valence-electron chi connectivity index (χ4n) is 3.04. The first-order valence-electron chi connectivity index (χ1n) is 9.50. The Kier molecular flexibility index (Phi) is 8.34. The monoisotopic (exact) mass is 402 g/mol. The zero-order chi connectivity index (χ0) is 20.7. The lowest BCUT2D eigenvalue weighted by atomic mass is 10.1. The number of rotatable bonds is 10. The zero-order valence-electron chi connectivity index (χ0n) is 15.9. The van der Waals surface area contributed by atoms with Crippen LogP contribution in [-0.4, -0.2) is 44.1 Å². The Morgan fingerprint density at radius 2 is 2.04 bits per heavy atom. The molecule has 1 fully saturated rings. The standard InChI is InChI=1S/C18H27FN2O7/c1-2-3-4-5-6-7-16(24)27-11-21-17(25)12(19)9-20(18(21)26)15-8-13(23)14(10-22)28-15/h9,13-15,22-23H,2-8,10-11H2,1H3/t13-,14+,15+/m0/s1. The lowest BCUT2D eigenvalue weighted by Crippen LogP contribution is -2.43. The lowest BCUT2D eigenvalue weighted by molar-refractivity contribution is -0.148. The Bertz CT molecular complexity index is 776. The third-order valence-electron chi connectivity index (χ3n) is 4.69. The molecule has 0 radical (unpaired) electrons. The molecule has 0 saturated carbocycles. The second kappa shape index (κ2) is 10.5. The van der Waals surface area contributed by atoms with Crippen molar-refractivity contribution in [3.8, 4) is 0 Å². The fourth-order valence-corrected chi connectivity index (χ4v) is 3.04. The van der Waals surface area contributed by atoms with Crippen LogP contribution in [0.2, 0.25) is 0 Å². The number of carbonyl (C=O) groups excluding carboxylic acids is 1. The van der Waals surface area contributed by atoms with E-state index in [0.717, 1.165) is 30.3 Å². The second-order valence-corrected chi connectivity index (χ2v) is 6.82. The van der Waals surface area contributed by atoms with Crippen LogP contribution in [0, 0.1) is 5.82 Å². The number of aliphatic hydroxyl groups is 2. The summed E-state index contributed by atoms with van der Waals surface area (Å²) >= 11 is 0. The van der Waals surface area contributed by atoms with Crippen molar-refractivity contribution in [2.75, 3.05) is 6.61 Å². The van der Waals surface area contributed by atoms with Crippen LogP contribution >= 0.6 is 0 Å². The molecule has 1 aliphatic heterocycles. The molecule has 0 spiro atoms. The quantitative estimate of drug-likeness (QED) is 0.435. The molecule has 1 saturated heterocycles. The molecule has 2 rings (SSSR count). The molecule has 1 aliphatic rings. The summed E-state index contributed by atoms with van der Waals surface area (Å²) in [5, 5.41) is 18.9. The van der Waals surface area contributed by atoms with Gasteiger partial charge in [0.15, 0.2) is 6.73 Å². The number of nitrogens with zero attached hydrogens (tertiary/aromatic N) is 2. The molecule has 3 atom stereocenters. The maximum Gasteiger partial charge on any atom is 0.336 e. The minimum absolute atomic E-state index is 0.0552. The van der Waals surface area contributed by atoms with Crippen molar-refractivity contribution in [2.24, 2.45) is 0 Å². The van der Waals surface area contributed by atoms with E-state index in [1.54, 1.807) is 0 Å². The number of hydrogen-bond donors (Lipinski definition) is 2. The molecule has 0 aliphatic carbocycles. The van der Waals surface area contributed by atoms with E-state index < -0.39 is 54.8 Å². The van der Waals surface area contributed by atoms with Gasteiger partial charge < -0.3 is 19.7 Å². The van der Waals surface area contributed by atoms with Crippen LogP contribution in [0.3, 0.4) is 0 Å². The molecule has 1 aromatic heterocycles. The van der Waals surface area contributed by atoms with Gasteiger partial charge in [-0.1, -0.05) is 32.6 Å². The van der Waals surface area contributed by atoms with Crippen LogP contribution in [0.5, 0.6) is 0 Å². The molecule has 0 aromatic carbocycles. The van der Waals surface area contributed by atoms with Crippen LogP contribution < -0.4 is 11.2 Å². The van der Waals surface area contributed by atoms with Crippen LogP contribution in [0.15, 0.2) is 15.8 Å². The lowest BCUT2D eigenvalue weighted by Gasteiger charge is -2.16. The highest BCUT2D eigenvalue weighted by Gasteiger charge is 2.35. The van der Waals surface area contributed by atoms with Gasteiger partial charge in [0.2, 0.25) is 5.82 Å². The van der Waals surface area contributed by atoms with Gasteiger partial charge in [0.25, 0.3) is 5.56 Å². The number of ether oxygens (including phenoxy) is 2. The van der Waals surface area contributed by atoms with Gasteiger partial charge in [-0.05, 0) is 6.42 Å². The van der Waals surface area contributed by atoms with Crippen molar-refractivity contribution in [3.05, 3.63) is 32.9 Å². The van der Waals surface area contributed by atoms with Crippen molar-refractivity contribution < 1.29 is 28.9 Å². The number of carbonyl (C=O) groups is 1. The molecular weight excluding hydrogens is 375 g/mol. The average molecular weight is 402 g/mol. The van der Waals surface area contributed by atoms with Crippen LogP contribution in [0.25, 0.3) is 0 Å². The summed E-state index contributed by atoms with van der Waals surface area (Å²) in [6.45, 7) is 0.908. The molecule has 2 N–H and O–H groups in total. The van der Waals surface area contributed by atoms with Gasteiger partial charge in [-0.2, -0.15) is 4.39 Å². The SMILES string of the molecule is CCCCCCCC(=O)OCn1c(=O)c(F)cn([C@H]2C[C@H](O)[C@@H](CO)O2)c1=O. The van der Waals surface area contributed by atoms with E-state index in [0.29, 0.717) is 17.2 Å². The van der Waals surface area contributed by atoms with Crippen molar-refractivity contribution in [2.45, 2.75) is 77.0 Å². The molecule has 1 aromatic rings. The Balaban J connectivity index is 2.05. The smallest absolute Gasteiger partial charge is 0.336 e. The highest BCUT2D eigenvalue weighted by molar-refractivity contribution is 5.69. The fraction of sp³-hybridized carbons (Fsp3) is 0.722. The minimum Gasteiger partial charge on any atom is -0.444 e. The van der Waals surface area contributed by atoms with Crippen molar-refractivity contribution in [1.29, 1.82) is 0 Å². The maximum atomic E-state index is 14.0. The van der Waals surface area contributed by atoms with E-state index in [1.807, 2.05) is 0 Å². The molecule has 28 heavy (non-hydrogen) atoms. The second-order valence-electron chi connectivity index (χ2n) is 6.82. The summed E-state index contributed by atoms with van der Waals surface area (Å²) < 4.78 is 25.5. The van der Waals surface area contributed by atoms with Crippen LogP contribution in [-0.2, 0) is 21.0 Å². The maximum absolute atomic E-state index is 14.0. The number of esters is 1. The molecule has 10 heteroatoms. The Morgan fingerprint density at radius 3 is 2.68 bits per heavy atom. The van der Waals surface area contributed by atoms with Gasteiger partial charge in [-0.25, -0.2) is 9.36 Å². The molecule has 0 unspecified atom stereocenters. The molecule has 158 valence electrons. The van der Waals surface area contributed by atoms with Crippen molar-refractivity contribution in [3.63, 3.8) is 0 Å². The third kappa shape index (κ3) is 5.49. The van der Waals surface area contributed by atoms with E-state index in [2.05, 4.69) is 6.92 Å². The first kappa shape index (κ1) is 22.3. The largest absolute Gasteiger partial charge is 0.444 e. The van der Waals surface area contributed by atoms with E-state index >= 15 is 0 Å².